The minimum absolute atomic E-state index is 0.0427. The second kappa shape index (κ2) is 12.8. The molecular weight excluding hydrogens is 372 g/mol. The third-order valence-electron chi connectivity index (χ3n) is 4.62. The Morgan fingerprint density at radius 1 is 1.28 bits per heavy atom. The summed E-state index contributed by atoms with van der Waals surface area (Å²) >= 11 is 0. The van der Waals surface area contributed by atoms with Crippen LogP contribution in [-0.2, 0) is 22.6 Å². The summed E-state index contributed by atoms with van der Waals surface area (Å²) in [5.74, 6) is 0.738. The minimum Gasteiger partial charge on any atom is -0.504 e. The summed E-state index contributed by atoms with van der Waals surface area (Å²) in [7, 11) is 4.89. The highest BCUT2D eigenvalue weighted by atomic mass is 16.5. The number of phenols is 1. The lowest BCUT2D eigenvalue weighted by atomic mass is 10.00. The first-order chi connectivity index (χ1) is 13.8. The van der Waals surface area contributed by atoms with Crippen molar-refractivity contribution < 1.29 is 19.4 Å². The highest BCUT2D eigenvalue weighted by Gasteiger charge is 2.14. The van der Waals surface area contributed by atoms with Gasteiger partial charge in [-0.05, 0) is 44.9 Å². The van der Waals surface area contributed by atoms with Gasteiger partial charge in [0.15, 0.2) is 17.5 Å². The Bertz CT molecular complexity index is 719. The van der Waals surface area contributed by atoms with E-state index in [9.17, 15) is 14.7 Å². The molecule has 0 radical (unpaired) electrons. The fourth-order valence-electron chi connectivity index (χ4n) is 3.03. The second-order valence-electron chi connectivity index (χ2n) is 7.14. The van der Waals surface area contributed by atoms with Crippen molar-refractivity contribution in [2.24, 2.45) is 10.7 Å². The van der Waals surface area contributed by atoms with Crippen molar-refractivity contribution in [3.63, 3.8) is 0 Å². The molecule has 1 unspecified atom stereocenters. The Morgan fingerprint density at radius 3 is 2.59 bits per heavy atom. The maximum absolute atomic E-state index is 12.2. The van der Waals surface area contributed by atoms with Gasteiger partial charge in [-0.3, -0.25) is 14.6 Å². The Labute approximate surface area is 172 Å². The number of nitrogens with zero attached hydrogens (tertiary/aromatic N) is 1. The number of hydrogen-bond donors (Lipinski definition) is 4. The molecule has 0 saturated carbocycles. The van der Waals surface area contributed by atoms with Crippen molar-refractivity contribution in [2.45, 2.75) is 58.0 Å². The van der Waals surface area contributed by atoms with Crippen molar-refractivity contribution in [2.75, 3.05) is 21.2 Å². The number of carbonyl (C=O) groups is 2. The number of ether oxygens (including phenoxy) is 1. The molecular formula is C21H34N4O4. The molecule has 162 valence electrons. The van der Waals surface area contributed by atoms with E-state index in [0.29, 0.717) is 43.1 Å². The van der Waals surface area contributed by atoms with Gasteiger partial charge in [-0.1, -0.05) is 6.07 Å². The molecule has 0 aliphatic carbocycles. The van der Waals surface area contributed by atoms with E-state index >= 15 is 0 Å². The Hall–Kier alpha value is -2.61. The van der Waals surface area contributed by atoms with Crippen LogP contribution in [0.1, 0.15) is 50.2 Å². The Kier molecular flexibility index (Phi) is 10.8. The molecule has 0 fully saturated rings. The number of benzene rings is 1. The molecule has 0 saturated heterocycles. The Balaban J connectivity index is 2.45. The molecule has 0 heterocycles. The van der Waals surface area contributed by atoms with Crippen LogP contribution in [0.25, 0.3) is 0 Å². The van der Waals surface area contributed by atoms with E-state index in [1.54, 1.807) is 20.2 Å². The van der Waals surface area contributed by atoms with Crippen LogP contribution in [-0.4, -0.2) is 49.9 Å². The number of nitrogens with two attached hydrogens (primary N) is 1. The number of Topliss-reactive ketones (excluding diaryl/α,β-unsaturated/α-hetero) is 2. The molecule has 0 aromatic heterocycles. The summed E-state index contributed by atoms with van der Waals surface area (Å²) in [5.41, 5.74) is 7.21. The summed E-state index contributed by atoms with van der Waals surface area (Å²) in [6, 6.07) is 3.70. The number of rotatable bonds is 13. The fraction of sp³-hybridized carbons (Fsp3) is 0.571. The van der Waals surface area contributed by atoms with Gasteiger partial charge in [0, 0.05) is 38.0 Å². The average molecular weight is 407 g/mol. The quantitative estimate of drug-likeness (QED) is 0.223. The summed E-state index contributed by atoms with van der Waals surface area (Å²) in [5, 5.41) is 16.1. The first-order valence-electron chi connectivity index (χ1n) is 9.86. The number of hydrogen-bond acceptors (Lipinski definition) is 6. The molecule has 1 aromatic rings. The number of ketones is 2. The van der Waals surface area contributed by atoms with Crippen LogP contribution in [0, 0.1) is 0 Å². The average Bonchev–Trinajstić information content (AvgIpc) is 2.68. The fourth-order valence-corrected chi connectivity index (χ4v) is 3.03. The van der Waals surface area contributed by atoms with Crippen LogP contribution < -0.4 is 21.1 Å². The number of guanidine groups is 1. The van der Waals surface area contributed by atoms with E-state index in [4.69, 9.17) is 10.5 Å². The number of aliphatic imine (C=N–C) groups is 1. The van der Waals surface area contributed by atoms with Crippen LogP contribution in [0.5, 0.6) is 11.5 Å². The molecule has 1 atom stereocenters. The SMILES string of the molecule is CN=C(N)NC(C)CCCC(=O)CC(=O)CCc1cc(CNC)c(O)c(OC)c1. The van der Waals surface area contributed by atoms with Crippen LogP contribution in [0.2, 0.25) is 0 Å². The first-order valence-corrected chi connectivity index (χ1v) is 9.86. The zero-order chi connectivity index (χ0) is 21.8. The third kappa shape index (κ3) is 8.95. The van der Waals surface area contributed by atoms with Gasteiger partial charge in [-0.2, -0.15) is 0 Å². The van der Waals surface area contributed by atoms with Crippen LogP contribution in [0.4, 0.5) is 0 Å². The van der Waals surface area contributed by atoms with E-state index < -0.39 is 0 Å². The van der Waals surface area contributed by atoms with Gasteiger partial charge < -0.3 is 26.2 Å². The maximum Gasteiger partial charge on any atom is 0.188 e. The van der Waals surface area contributed by atoms with Gasteiger partial charge in [0.05, 0.1) is 13.5 Å². The number of methoxy groups -OCH3 is 1. The smallest absolute Gasteiger partial charge is 0.188 e. The summed E-state index contributed by atoms with van der Waals surface area (Å²) in [6.45, 7) is 2.47. The van der Waals surface area contributed by atoms with Gasteiger partial charge in [-0.25, -0.2) is 0 Å². The van der Waals surface area contributed by atoms with Gasteiger partial charge in [0.1, 0.15) is 11.6 Å². The molecule has 0 bridgehead atoms. The highest BCUT2D eigenvalue weighted by Crippen LogP contribution is 2.32. The molecule has 0 amide bonds. The van der Waals surface area contributed by atoms with Crippen molar-refractivity contribution in [1.82, 2.24) is 10.6 Å². The van der Waals surface area contributed by atoms with Gasteiger partial charge in [0.2, 0.25) is 0 Å². The molecule has 0 spiro atoms. The lowest BCUT2D eigenvalue weighted by molar-refractivity contribution is -0.127. The molecule has 29 heavy (non-hydrogen) atoms. The molecule has 0 aliphatic rings. The number of nitrogens with one attached hydrogen (secondary N) is 2. The summed E-state index contributed by atoms with van der Waals surface area (Å²) in [6.07, 6.45) is 2.58. The molecule has 8 heteroatoms. The van der Waals surface area contributed by atoms with Crippen LogP contribution >= 0.6 is 0 Å². The predicted octanol–water partition coefficient (Wildman–Crippen LogP) is 1.67. The van der Waals surface area contributed by atoms with Gasteiger partial charge in [-0.15, -0.1) is 0 Å². The van der Waals surface area contributed by atoms with E-state index in [-0.39, 0.29) is 36.2 Å². The molecule has 8 nitrogen and oxygen atoms in total. The van der Waals surface area contributed by atoms with Crippen LogP contribution in [0.3, 0.4) is 0 Å². The topological polar surface area (TPSA) is 126 Å². The van der Waals surface area contributed by atoms with Crippen molar-refractivity contribution >= 4 is 17.5 Å². The van der Waals surface area contributed by atoms with Gasteiger partial charge >= 0.3 is 0 Å². The lowest BCUT2D eigenvalue weighted by Gasteiger charge is -2.13. The zero-order valence-electron chi connectivity index (χ0n) is 17.9. The number of aryl methyl sites for hydroxylation is 1. The van der Waals surface area contributed by atoms with Crippen molar-refractivity contribution in [1.29, 1.82) is 0 Å². The maximum atomic E-state index is 12.2. The number of aromatic hydroxyl groups is 1. The number of phenolic OH excluding ortho intramolecular Hbond substituents is 1. The molecule has 1 rings (SSSR count). The molecule has 0 aliphatic heterocycles. The zero-order valence-corrected chi connectivity index (χ0v) is 17.9. The molecule has 5 N–H and O–H groups in total. The van der Waals surface area contributed by atoms with E-state index in [0.717, 1.165) is 12.0 Å². The largest absolute Gasteiger partial charge is 0.504 e. The third-order valence-corrected chi connectivity index (χ3v) is 4.62. The van der Waals surface area contributed by atoms with Crippen LogP contribution in [0.15, 0.2) is 17.1 Å². The van der Waals surface area contributed by atoms with Gasteiger partial charge in [0.25, 0.3) is 0 Å². The van der Waals surface area contributed by atoms with E-state index in [2.05, 4.69) is 15.6 Å². The normalized spacial score (nSPS) is 12.5. The lowest BCUT2D eigenvalue weighted by Crippen LogP contribution is -2.38. The summed E-state index contributed by atoms with van der Waals surface area (Å²) in [4.78, 5) is 28.1. The van der Waals surface area contributed by atoms with Crippen molar-refractivity contribution in [3.8, 4) is 11.5 Å². The molecule has 1 aromatic carbocycles. The second-order valence-corrected chi connectivity index (χ2v) is 7.14. The van der Waals surface area contributed by atoms with Crippen molar-refractivity contribution in [3.05, 3.63) is 23.3 Å². The predicted molar refractivity (Wildman–Crippen MR) is 114 cm³/mol. The highest BCUT2D eigenvalue weighted by molar-refractivity contribution is 5.99. The minimum atomic E-state index is -0.0780. The Morgan fingerprint density at radius 2 is 1.97 bits per heavy atom. The van der Waals surface area contributed by atoms with E-state index in [1.807, 2.05) is 13.0 Å². The number of carbonyl (C=O) groups excluding carboxylic acids is 2. The monoisotopic (exact) mass is 406 g/mol. The van der Waals surface area contributed by atoms with E-state index in [1.165, 1.54) is 7.11 Å². The first kappa shape index (κ1) is 24.4. The standard InChI is InChI=1S/C21H34N4O4/c1-14(25-21(22)24-3)6-5-7-17(26)12-18(27)9-8-15-10-16(13-23-2)20(28)19(11-15)29-4/h10-11,14,23,28H,5-9,12-13H2,1-4H3,(H3,22,24,25). The summed E-state index contributed by atoms with van der Waals surface area (Å²) < 4.78 is 5.20.